The van der Waals surface area contributed by atoms with Crippen molar-refractivity contribution in [1.29, 1.82) is 0 Å². The van der Waals surface area contributed by atoms with Crippen molar-refractivity contribution in [2.24, 2.45) is 0 Å². The molecule has 1 aromatic carbocycles. The number of aliphatic hydroxyl groups is 1. The number of benzene rings is 1. The fourth-order valence-electron chi connectivity index (χ4n) is 2.19. The van der Waals surface area contributed by atoms with Gasteiger partial charge in [0.05, 0.1) is 13.2 Å². The van der Waals surface area contributed by atoms with E-state index in [1.807, 2.05) is 13.0 Å². The van der Waals surface area contributed by atoms with E-state index in [0.29, 0.717) is 24.3 Å². The number of amides is 1. The van der Waals surface area contributed by atoms with Crippen molar-refractivity contribution in [2.45, 2.75) is 26.4 Å². The van der Waals surface area contributed by atoms with Crippen molar-refractivity contribution in [1.82, 2.24) is 4.90 Å². The number of furan rings is 1. The highest BCUT2D eigenvalue weighted by Crippen LogP contribution is 2.29. The van der Waals surface area contributed by atoms with Gasteiger partial charge in [-0.1, -0.05) is 0 Å². The highest BCUT2D eigenvalue weighted by Gasteiger charge is 2.21. The fourth-order valence-corrected chi connectivity index (χ4v) is 2.19. The number of ether oxygens (including phenoxy) is 1. The number of hydrogen-bond acceptors (Lipinski definition) is 4. The first-order valence-electron chi connectivity index (χ1n) is 6.94. The van der Waals surface area contributed by atoms with E-state index in [0.717, 1.165) is 16.7 Å². The third-order valence-corrected chi connectivity index (χ3v) is 3.57. The van der Waals surface area contributed by atoms with Crippen LogP contribution in [-0.4, -0.2) is 42.7 Å². The minimum absolute atomic E-state index is 0.177. The van der Waals surface area contributed by atoms with Crippen molar-refractivity contribution < 1.29 is 19.1 Å². The second-order valence-corrected chi connectivity index (χ2v) is 5.28. The van der Waals surface area contributed by atoms with E-state index in [-0.39, 0.29) is 5.91 Å². The van der Waals surface area contributed by atoms with Crippen LogP contribution in [0.15, 0.2) is 22.6 Å². The molecule has 0 spiro atoms. The molecule has 5 nitrogen and oxygen atoms in total. The number of carbonyl (C=O) groups is 1. The predicted molar refractivity (Wildman–Crippen MR) is 80.8 cm³/mol. The molecule has 2 aromatic rings. The Morgan fingerprint density at radius 3 is 2.81 bits per heavy atom. The molecule has 114 valence electrons. The summed E-state index contributed by atoms with van der Waals surface area (Å²) in [6.07, 6.45) is 0.108. The number of hydrogen-bond donors (Lipinski definition) is 1. The number of methoxy groups -OCH3 is 1. The van der Waals surface area contributed by atoms with Gasteiger partial charge in [0, 0.05) is 24.5 Å². The maximum atomic E-state index is 12.4. The zero-order chi connectivity index (χ0) is 15.6. The molecule has 0 aliphatic heterocycles. The summed E-state index contributed by atoms with van der Waals surface area (Å²) in [6, 6.07) is 5.46. The SMILES string of the molecule is COc1ccc2oc(C(=O)N(C)CCC(C)O)c(C)c2c1. The van der Waals surface area contributed by atoms with Crippen LogP contribution in [0.1, 0.15) is 29.5 Å². The normalized spacial score (nSPS) is 12.4. The summed E-state index contributed by atoms with van der Waals surface area (Å²) in [6.45, 7) is 4.05. The molecule has 2 rings (SSSR count). The summed E-state index contributed by atoms with van der Waals surface area (Å²) in [5.41, 5.74) is 1.47. The number of rotatable bonds is 5. The smallest absolute Gasteiger partial charge is 0.289 e. The lowest BCUT2D eigenvalue weighted by atomic mass is 10.1. The molecule has 1 aromatic heterocycles. The Hall–Kier alpha value is -2.01. The van der Waals surface area contributed by atoms with Gasteiger partial charge in [0.2, 0.25) is 0 Å². The number of fused-ring (bicyclic) bond motifs is 1. The van der Waals surface area contributed by atoms with Crippen LogP contribution in [0.4, 0.5) is 0 Å². The van der Waals surface area contributed by atoms with Crippen LogP contribution < -0.4 is 4.74 Å². The summed E-state index contributed by atoms with van der Waals surface area (Å²) in [5, 5.41) is 10.2. The second-order valence-electron chi connectivity index (χ2n) is 5.28. The minimum Gasteiger partial charge on any atom is -0.497 e. The maximum Gasteiger partial charge on any atom is 0.289 e. The quantitative estimate of drug-likeness (QED) is 0.919. The molecule has 0 saturated heterocycles. The van der Waals surface area contributed by atoms with Crippen molar-refractivity contribution in [3.8, 4) is 5.75 Å². The lowest BCUT2D eigenvalue weighted by Gasteiger charge is -2.16. The Morgan fingerprint density at radius 1 is 1.48 bits per heavy atom. The predicted octanol–water partition coefficient (Wildman–Crippen LogP) is 2.59. The summed E-state index contributed by atoms with van der Waals surface area (Å²) >= 11 is 0. The van der Waals surface area contributed by atoms with Gasteiger partial charge in [0.1, 0.15) is 11.3 Å². The monoisotopic (exact) mass is 291 g/mol. The van der Waals surface area contributed by atoms with Crippen molar-refractivity contribution >= 4 is 16.9 Å². The highest BCUT2D eigenvalue weighted by molar-refractivity contribution is 5.99. The molecule has 0 aliphatic rings. The zero-order valence-corrected chi connectivity index (χ0v) is 12.8. The van der Waals surface area contributed by atoms with Crippen LogP contribution in [0.3, 0.4) is 0 Å². The van der Waals surface area contributed by atoms with E-state index in [2.05, 4.69) is 0 Å². The topological polar surface area (TPSA) is 62.9 Å². The summed E-state index contributed by atoms with van der Waals surface area (Å²) in [5.74, 6) is 0.891. The van der Waals surface area contributed by atoms with Gasteiger partial charge in [-0.25, -0.2) is 0 Å². The molecule has 1 amide bonds. The van der Waals surface area contributed by atoms with Gasteiger partial charge in [-0.3, -0.25) is 4.79 Å². The van der Waals surface area contributed by atoms with Gasteiger partial charge in [-0.05, 0) is 38.5 Å². The molecule has 1 N–H and O–H groups in total. The summed E-state index contributed by atoms with van der Waals surface area (Å²) < 4.78 is 10.9. The molecule has 0 radical (unpaired) electrons. The molecular formula is C16H21NO4. The maximum absolute atomic E-state index is 12.4. The summed E-state index contributed by atoms with van der Waals surface area (Å²) in [7, 11) is 3.31. The average molecular weight is 291 g/mol. The van der Waals surface area contributed by atoms with Crippen LogP contribution in [0.2, 0.25) is 0 Å². The van der Waals surface area contributed by atoms with E-state index in [1.165, 1.54) is 0 Å². The summed E-state index contributed by atoms with van der Waals surface area (Å²) in [4.78, 5) is 14.0. The first-order valence-corrected chi connectivity index (χ1v) is 6.94. The molecule has 1 heterocycles. The van der Waals surface area contributed by atoms with Crippen molar-refractivity contribution in [3.63, 3.8) is 0 Å². The standard InChI is InChI=1S/C16H21NO4/c1-10(18)7-8-17(3)16(19)15-11(2)13-9-12(20-4)5-6-14(13)21-15/h5-6,9-10,18H,7-8H2,1-4H3. The third-order valence-electron chi connectivity index (χ3n) is 3.57. The molecule has 21 heavy (non-hydrogen) atoms. The van der Waals surface area contributed by atoms with Gasteiger partial charge in [-0.15, -0.1) is 0 Å². The number of carbonyl (C=O) groups excluding carboxylic acids is 1. The van der Waals surface area contributed by atoms with Crippen LogP contribution >= 0.6 is 0 Å². The van der Waals surface area contributed by atoms with E-state index in [1.54, 1.807) is 38.1 Å². The Balaban J connectivity index is 2.29. The Morgan fingerprint density at radius 2 is 2.19 bits per heavy atom. The van der Waals surface area contributed by atoms with Gasteiger partial charge in [0.25, 0.3) is 5.91 Å². The highest BCUT2D eigenvalue weighted by atomic mass is 16.5. The van der Waals surface area contributed by atoms with E-state index in [9.17, 15) is 9.90 Å². The minimum atomic E-state index is -0.429. The van der Waals surface area contributed by atoms with E-state index in [4.69, 9.17) is 9.15 Å². The average Bonchev–Trinajstić information content (AvgIpc) is 2.80. The molecule has 1 unspecified atom stereocenters. The molecule has 0 saturated carbocycles. The van der Waals surface area contributed by atoms with E-state index < -0.39 is 6.10 Å². The van der Waals surface area contributed by atoms with Crippen molar-refractivity contribution in [3.05, 3.63) is 29.5 Å². The number of nitrogens with zero attached hydrogens (tertiary/aromatic N) is 1. The zero-order valence-electron chi connectivity index (χ0n) is 12.8. The van der Waals surface area contributed by atoms with Crippen molar-refractivity contribution in [2.75, 3.05) is 20.7 Å². The van der Waals surface area contributed by atoms with Crippen LogP contribution in [0, 0.1) is 6.92 Å². The van der Waals surface area contributed by atoms with Crippen LogP contribution in [-0.2, 0) is 0 Å². The van der Waals surface area contributed by atoms with Gasteiger partial charge < -0.3 is 19.2 Å². The van der Waals surface area contributed by atoms with Crippen LogP contribution in [0.25, 0.3) is 11.0 Å². The van der Waals surface area contributed by atoms with Crippen LogP contribution in [0.5, 0.6) is 5.75 Å². The molecule has 0 bridgehead atoms. The van der Waals surface area contributed by atoms with E-state index >= 15 is 0 Å². The second kappa shape index (κ2) is 6.18. The van der Waals surface area contributed by atoms with Gasteiger partial charge in [-0.2, -0.15) is 0 Å². The molecule has 0 fully saturated rings. The molecule has 0 aliphatic carbocycles. The number of aryl methyl sites for hydroxylation is 1. The Kier molecular flexibility index (Phi) is 4.53. The Labute approximate surface area is 124 Å². The van der Waals surface area contributed by atoms with Gasteiger partial charge in [0.15, 0.2) is 5.76 Å². The molecule has 5 heteroatoms. The molecular weight excluding hydrogens is 270 g/mol. The lowest BCUT2D eigenvalue weighted by Crippen LogP contribution is -2.29. The van der Waals surface area contributed by atoms with Gasteiger partial charge >= 0.3 is 0 Å². The fraction of sp³-hybridized carbons (Fsp3) is 0.438. The third kappa shape index (κ3) is 3.19. The first-order chi connectivity index (χ1) is 9.93. The largest absolute Gasteiger partial charge is 0.497 e. The first kappa shape index (κ1) is 15.4. The lowest BCUT2D eigenvalue weighted by molar-refractivity contribution is 0.0739. The number of aliphatic hydroxyl groups excluding tert-OH is 1. The molecule has 1 atom stereocenters. The Bertz CT molecular complexity index is 645.